The summed E-state index contributed by atoms with van der Waals surface area (Å²) in [5, 5.41) is 2.96. The molecule has 0 unspecified atom stereocenters. The molecule has 1 N–H and O–H groups in total. The Labute approximate surface area is 152 Å². The molecule has 0 aromatic heterocycles. The normalized spacial score (nSPS) is 17.4. The summed E-state index contributed by atoms with van der Waals surface area (Å²) in [6.07, 6.45) is -9.63. The van der Waals surface area contributed by atoms with Gasteiger partial charge in [0.2, 0.25) is 0 Å². The van der Waals surface area contributed by atoms with Gasteiger partial charge in [-0.15, -0.1) is 24.8 Å². The summed E-state index contributed by atoms with van der Waals surface area (Å²) >= 11 is 0. The van der Waals surface area contributed by atoms with E-state index in [0.29, 0.717) is 31.3 Å². The van der Waals surface area contributed by atoms with Crippen LogP contribution in [0.2, 0.25) is 0 Å². The fourth-order valence-electron chi connectivity index (χ4n) is 2.64. The maximum atomic E-state index is 13.4. The lowest BCUT2D eigenvalue weighted by Gasteiger charge is -2.35. The van der Waals surface area contributed by atoms with E-state index in [1.54, 1.807) is 0 Å². The van der Waals surface area contributed by atoms with Gasteiger partial charge in [-0.2, -0.15) is 26.3 Å². The van der Waals surface area contributed by atoms with Gasteiger partial charge in [0.25, 0.3) is 0 Å². The Morgan fingerprint density at radius 1 is 0.960 bits per heavy atom. The zero-order valence-electron chi connectivity index (χ0n) is 12.8. The minimum Gasteiger partial charge on any atom is -0.314 e. The molecule has 0 spiro atoms. The third-order valence-corrected chi connectivity index (χ3v) is 3.78. The van der Waals surface area contributed by atoms with Gasteiger partial charge >= 0.3 is 12.4 Å². The minimum absolute atomic E-state index is 0. The molecule has 1 aromatic rings. The SMILES string of the molecule is Cl.Cl.FC[C@@H](c1cc(C(F)(F)F)ccc1C(F)(F)F)N1CCNCC1. The fourth-order valence-corrected chi connectivity index (χ4v) is 2.64. The number of halogens is 9. The molecule has 25 heavy (non-hydrogen) atoms. The summed E-state index contributed by atoms with van der Waals surface area (Å²) in [5.74, 6) is 0. The lowest BCUT2D eigenvalue weighted by molar-refractivity contribution is -0.142. The van der Waals surface area contributed by atoms with Crippen molar-refractivity contribution in [3.63, 3.8) is 0 Å². The number of nitrogens with one attached hydrogen (secondary N) is 1. The maximum absolute atomic E-state index is 13.4. The smallest absolute Gasteiger partial charge is 0.314 e. The topological polar surface area (TPSA) is 15.3 Å². The van der Waals surface area contributed by atoms with E-state index in [9.17, 15) is 30.7 Å². The van der Waals surface area contributed by atoms with Gasteiger partial charge < -0.3 is 5.32 Å². The molecule has 1 aromatic carbocycles. The summed E-state index contributed by atoms with van der Waals surface area (Å²) in [7, 11) is 0. The van der Waals surface area contributed by atoms with Crippen LogP contribution in [0.15, 0.2) is 18.2 Å². The number of hydrogen-bond donors (Lipinski definition) is 1. The summed E-state index contributed by atoms with van der Waals surface area (Å²) in [4.78, 5) is 1.43. The van der Waals surface area contributed by atoms with Crippen molar-refractivity contribution in [2.75, 3.05) is 32.9 Å². The van der Waals surface area contributed by atoms with Crippen molar-refractivity contribution in [1.29, 1.82) is 0 Å². The van der Waals surface area contributed by atoms with Crippen LogP contribution in [0.3, 0.4) is 0 Å². The number of alkyl halides is 7. The largest absolute Gasteiger partial charge is 0.416 e. The highest BCUT2D eigenvalue weighted by Crippen LogP contribution is 2.40. The highest BCUT2D eigenvalue weighted by molar-refractivity contribution is 5.85. The fraction of sp³-hybridized carbons (Fsp3) is 0.571. The first-order chi connectivity index (χ1) is 10.6. The Hall–Kier alpha value is -0.770. The number of piperazine rings is 1. The van der Waals surface area contributed by atoms with E-state index >= 15 is 0 Å². The summed E-state index contributed by atoms with van der Waals surface area (Å²) in [6, 6.07) is -0.187. The van der Waals surface area contributed by atoms with Crippen LogP contribution in [-0.4, -0.2) is 37.8 Å². The van der Waals surface area contributed by atoms with Crippen LogP contribution < -0.4 is 5.32 Å². The average molecular weight is 417 g/mol. The number of benzene rings is 1. The summed E-state index contributed by atoms with van der Waals surface area (Å²) in [6.45, 7) is 0.224. The second-order valence-corrected chi connectivity index (χ2v) is 5.25. The van der Waals surface area contributed by atoms with Gasteiger partial charge in [0.05, 0.1) is 17.2 Å². The van der Waals surface area contributed by atoms with Crippen LogP contribution in [0.25, 0.3) is 0 Å². The van der Waals surface area contributed by atoms with Gasteiger partial charge in [0.15, 0.2) is 0 Å². The minimum atomic E-state index is -4.85. The molecule has 1 aliphatic heterocycles. The molecule has 1 aliphatic rings. The number of nitrogens with zero attached hydrogens (tertiary/aromatic N) is 1. The monoisotopic (exact) mass is 416 g/mol. The van der Waals surface area contributed by atoms with Crippen LogP contribution in [0.1, 0.15) is 22.7 Å². The van der Waals surface area contributed by atoms with Crippen molar-refractivity contribution in [2.24, 2.45) is 0 Å². The molecule has 1 heterocycles. The molecule has 0 saturated carbocycles. The van der Waals surface area contributed by atoms with Crippen LogP contribution in [0.5, 0.6) is 0 Å². The van der Waals surface area contributed by atoms with Gasteiger partial charge in [-0.25, -0.2) is 4.39 Å². The molecule has 1 atom stereocenters. The van der Waals surface area contributed by atoms with E-state index in [4.69, 9.17) is 0 Å². The maximum Gasteiger partial charge on any atom is 0.416 e. The molecular weight excluding hydrogens is 400 g/mol. The second-order valence-electron chi connectivity index (χ2n) is 5.25. The third-order valence-electron chi connectivity index (χ3n) is 3.78. The number of rotatable bonds is 3. The first-order valence-corrected chi connectivity index (χ1v) is 6.93. The molecule has 146 valence electrons. The van der Waals surface area contributed by atoms with Crippen molar-refractivity contribution in [1.82, 2.24) is 10.2 Å². The molecule has 0 radical (unpaired) electrons. The second kappa shape index (κ2) is 9.25. The van der Waals surface area contributed by atoms with Crippen LogP contribution in [0, 0.1) is 0 Å². The van der Waals surface area contributed by atoms with Crippen LogP contribution in [-0.2, 0) is 12.4 Å². The molecule has 1 fully saturated rings. The van der Waals surface area contributed by atoms with E-state index in [0.717, 1.165) is 0 Å². The van der Waals surface area contributed by atoms with E-state index in [1.165, 1.54) is 4.90 Å². The Kier molecular flexibility index (Phi) is 8.96. The van der Waals surface area contributed by atoms with Gasteiger partial charge in [0, 0.05) is 26.2 Å². The average Bonchev–Trinajstić information content (AvgIpc) is 2.47. The summed E-state index contributed by atoms with van der Waals surface area (Å²) < 4.78 is 91.2. The van der Waals surface area contributed by atoms with Crippen molar-refractivity contribution < 1.29 is 30.7 Å². The number of hydrogen-bond acceptors (Lipinski definition) is 2. The first kappa shape index (κ1) is 24.2. The molecular formula is C14H17Cl2F7N2. The Balaban J connectivity index is 0.00000288. The van der Waals surface area contributed by atoms with Crippen molar-refractivity contribution >= 4 is 24.8 Å². The van der Waals surface area contributed by atoms with Crippen molar-refractivity contribution in [3.8, 4) is 0 Å². The molecule has 1 saturated heterocycles. The van der Waals surface area contributed by atoms with E-state index in [2.05, 4.69) is 5.32 Å². The van der Waals surface area contributed by atoms with Crippen molar-refractivity contribution in [2.45, 2.75) is 18.4 Å². The molecule has 2 nitrogen and oxygen atoms in total. The highest BCUT2D eigenvalue weighted by Gasteiger charge is 2.39. The third kappa shape index (κ3) is 5.87. The van der Waals surface area contributed by atoms with Gasteiger partial charge in [-0.05, 0) is 23.8 Å². The predicted molar refractivity (Wildman–Crippen MR) is 84.1 cm³/mol. The van der Waals surface area contributed by atoms with Gasteiger partial charge in [-0.3, -0.25) is 4.90 Å². The van der Waals surface area contributed by atoms with Crippen LogP contribution >= 0.6 is 24.8 Å². The predicted octanol–water partition coefficient (Wildman–Crippen LogP) is 4.48. The Morgan fingerprint density at radius 3 is 1.96 bits per heavy atom. The van der Waals surface area contributed by atoms with E-state index < -0.39 is 41.8 Å². The molecule has 0 amide bonds. The van der Waals surface area contributed by atoms with Crippen molar-refractivity contribution in [3.05, 3.63) is 34.9 Å². The lowest BCUT2D eigenvalue weighted by atomic mass is 9.96. The van der Waals surface area contributed by atoms with E-state index in [-0.39, 0.29) is 37.9 Å². The summed E-state index contributed by atoms with van der Waals surface area (Å²) in [5.41, 5.74) is -3.11. The Bertz CT molecular complexity index is 543. The molecule has 2 rings (SSSR count). The Morgan fingerprint density at radius 2 is 1.52 bits per heavy atom. The highest BCUT2D eigenvalue weighted by atomic mass is 35.5. The standard InChI is InChI=1S/C14H15F7N2.2ClH/c15-8-12(23-5-3-22-4-6-23)10-7-9(13(16,17)18)1-2-11(10)14(19,20)21;;/h1-2,7,12,22H,3-6,8H2;2*1H/t12-;;/m0../s1. The van der Waals surface area contributed by atoms with E-state index in [1.807, 2.05) is 0 Å². The molecule has 0 bridgehead atoms. The zero-order valence-corrected chi connectivity index (χ0v) is 14.4. The van der Waals surface area contributed by atoms with Gasteiger partial charge in [0.1, 0.15) is 6.67 Å². The lowest BCUT2D eigenvalue weighted by Crippen LogP contribution is -2.46. The van der Waals surface area contributed by atoms with Crippen LogP contribution in [0.4, 0.5) is 30.7 Å². The molecule has 11 heteroatoms. The zero-order chi connectivity index (χ0) is 17.3. The van der Waals surface area contributed by atoms with Gasteiger partial charge in [-0.1, -0.05) is 0 Å². The molecule has 0 aliphatic carbocycles. The quantitative estimate of drug-likeness (QED) is 0.730. The first-order valence-electron chi connectivity index (χ1n) is 6.93.